The van der Waals surface area contributed by atoms with E-state index in [1.54, 1.807) is 35.8 Å². The van der Waals surface area contributed by atoms with Gasteiger partial charge in [0.05, 0.1) is 32.1 Å². The van der Waals surface area contributed by atoms with E-state index in [1.807, 2.05) is 30.3 Å². The minimum atomic E-state index is 0.0593. The number of H-pyrrole nitrogens is 1. The van der Waals surface area contributed by atoms with E-state index in [-0.39, 0.29) is 11.2 Å². The largest absolute Gasteiger partial charge is 0.341 e. The fraction of sp³-hybridized carbons (Fsp3) is 0.263. The van der Waals surface area contributed by atoms with E-state index in [4.69, 9.17) is 23.2 Å². The van der Waals surface area contributed by atoms with Crippen molar-refractivity contribution < 1.29 is 4.79 Å². The molecule has 3 rings (SSSR count). The fourth-order valence-electron chi connectivity index (χ4n) is 2.55. The zero-order chi connectivity index (χ0) is 18.7. The van der Waals surface area contributed by atoms with Crippen LogP contribution in [0.15, 0.2) is 42.5 Å². The molecule has 26 heavy (non-hydrogen) atoms. The minimum absolute atomic E-state index is 0.0593. The van der Waals surface area contributed by atoms with Gasteiger partial charge >= 0.3 is 0 Å². The Morgan fingerprint density at radius 1 is 1.23 bits per heavy atom. The van der Waals surface area contributed by atoms with Gasteiger partial charge < -0.3 is 9.88 Å². The molecule has 0 bridgehead atoms. The lowest BCUT2D eigenvalue weighted by Crippen LogP contribution is -2.28. The Bertz CT molecular complexity index is 895. The van der Waals surface area contributed by atoms with Crippen LogP contribution in [0.2, 0.25) is 10.0 Å². The first-order valence-electron chi connectivity index (χ1n) is 8.18. The minimum Gasteiger partial charge on any atom is -0.341 e. The van der Waals surface area contributed by atoms with Crippen molar-refractivity contribution in [2.75, 3.05) is 12.8 Å². The number of benzene rings is 2. The van der Waals surface area contributed by atoms with Crippen molar-refractivity contribution in [1.82, 2.24) is 14.9 Å². The maximum atomic E-state index is 12.4. The number of nitrogens with zero attached hydrogens (tertiary/aromatic N) is 2. The van der Waals surface area contributed by atoms with Gasteiger partial charge in [-0.2, -0.15) is 0 Å². The number of carbonyl (C=O) groups excluding carboxylic acids is 1. The number of carbonyl (C=O) groups is 1. The summed E-state index contributed by atoms with van der Waals surface area (Å²) in [6.45, 7) is 2.55. The lowest BCUT2D eigenvalue weighted by atomic mass is 10.2. The number of thioether (sulfide) groups is 1. The van der Waals surface area contributed by atoms with Gasteiger partial charge in [-0.1, -0.05) is 41.4 Å². The van der Waals surface area contributed by atoms with Gasteiger partial charge in [-0.05, 0) is 36.8 Å². The molecule has 1 unspecified atom stereocenters. The molecule has 1 atom stereocenters. The van der Waals surface area contributed by atoms with Crippen LogP contribution in [0.3, 0.4) is 0 Å². The van der Waals surface area contributed by atoms with Crippen LogP contribution in [0.25, 0.3) is 11.0 Å². The Kier molecular flexibility index (Phi) is 6.12. The van der Waals surface area contributed by atoms with Gasteiger partial charge in [0.15, 0.2) is 0 Å². The van der Waals surface area contributed by atoms with E-state index in [0.717, 1.165) is 22.4 Å². The summed E-state index contributed by atoms with van der Waals surface area (Å²) in [6, 6.07) is 13.3. The van der Waals surface area contributed by atoms with E-state index < -0.39 is 0 Å². The van der Waals surface area contributed by atoms with E-state index >= 15 is 0 Å². The first-order chi connectivity index (χ1) is 12.4. The van der Waals surface area contributed by atoms with E-state index in [9.17, 15) is 4.79 Å². The molecule has 4 nitrogen and oxygen atoms in total. The molecule has 1 amide bonds. The number of hydrogen-bond donors (Lipinski definition) is 1. The van der Waals surface area contributed by atoms with Crippen LogP contribution >= 0.6 is 35.0 Å². The number of aromatic amines is 1. The predicted molar refractivity (Wildman–Crippen MR) is 110 cm³/mol. The number of aromatic nitrogens is 2. The first kappa shape index (κ1) is 19.1. The molecule has 0 aliphatic rings. The van der Waals surface area contributed by atoms with E-state index in [1.165, 1.54) is 0 Å². The molecular weight excluding hydrogens is 389 g/mol. The Balaban J connectivity index is 1.56. The zero-order valence-corrected chi connectivity index (χ0v) is 16.8. The van der Waals surface area contributed by atoms with Crippen LogP contribution in [0.1, 0.15) is 23.6 Å². The van der Waals surface area contributed by atoms with Crippen LogP contribution < -0.4 is 0 Å². The average Bonchev–Trinajstić information content (AvgIpc) is 3.06. The number of para-hydroxylation sites is 2. The third kappa shape index (κ3) is 4.53. The highest BCUT2D eigenvalue weighted by Gasteiger charge is 2.16. The average molecular weight is 408 g/mol. The smallest absolute Gasteiger partial charge is 0.232 e. The van der Waals surface area contributed by atoms with Crippen molar-refractivity contribution >= 4 is 51.9 Å². The highest BCUT2D eigenvalue weighted by molar-refractivity contribution is 8.00. The summed E-state index contributed by atoms with van der Waals surface area (Å²) < 4.78 is 0. The summed E-state index contributed by atoms with van der Waals surface area (Å²) >= 11 is 13.5. The van der Waals surface area contributed by atoms with Crippen molar-refractivity contribution in [2.45, 2.75) is 18.7 Å². The summed E-state index contributed by atoms with van der Waals surface area (Å²) in [5, 5.41) is 1.11. The summed E-state index contributed by atoms with van der Waals surface area (Å²) in [6.07, 6.45) is 0. The Hall–Kier alpha value is -1.69. The van der Waals surface area contributed by atoms with E-state index in [2.05, 4.69) is 16.9 Å². The van der Waals surface area contributed by atoms with Crippen LogP contribution in [-0.2, 0) is 11.3 Å². The molecule has 0 spiro atoms. The molecule has 0 aliphatic carbocycles. The lowest BCUT2D eigenvalue weighted by molar-refractivity contribution is -0.127. The number of fused-ring (bicyclic) bond motifs is 1. The fourth-order valence-corrected chi connectivity index (χ4v) is 3.75. The first-order valence-corrected chi connectivity index (χ1v) is 9.98. The lowest BCUT2D eigenvalue weighted by Gasteiger charge is -2.18. The van der Waals surface area contributed by atoms with Gasteiger partial charge in [0.25, 0.3) is 0 Å². The quantitative estimate of drug-likeness (QED) is 0.600. The second-order valence-electron chi connectivity index (χ2n) is 6.09. The Labute approximate surface area is 166 Å². The molecule has 0 saturated heterocycles. The monoisotopic (exact) mass is 407 g/mol. The number of halogens is 2. The normalized spacial score (nSPS) is 12.3. The number of nitrogens with one attached hydrogen (secondary N) is 1. The van der Waals surface area contributed by atoms with Crippen molar-refractivity contribution in [3.05, 3.63) is 63.9 Å². The van der Waals surface area contributed by atoms with Crippen molar-refractivity contribution in [3.8, 4) is 0 Å². The summed E-state index contributed by atoms with van der Waals surface area (Å²) in [4.78, 5) is 22.0. The number of amides is 1. The van der Waals surface area contributed by atoms with Gasteiger partial charge in [-0.15, -0.1) is 11.8 Å². The third-order valence-corrected chi connectivity index (χ3v) is 5.95. The predicted octanol–water partition coefficient (Wildman–Crippen LogP) is 5.32. The van der Waals surface area contributed by atoms with E-state index in [0.29, 0.717) is 22.3 Å². The topological polar surface area (TPSA) is 49.0 Å². The molecule has 0 aliphatic heterocycles. The molecule has 1 aromatic heterocycles. The molecule has 136 valence electrons. The maximum Gasteiger partial charge on any atom is 0.232 e. The number of imidazole rings is 1. The van der Waals surface area contributed by atoms with Crippen LogP contribution in [0, 0.1) is 0 Å². The molecule has 7 heteroatoms. The summed E-state index contributed by atoms with van der Waals surface area (Å²) in [7, 11) is 1.79. The second-order valence-corrected chi connectivity index (χ2v) is 8.23. The van der Waals surface area contributed by atoms with Crippen LogP contribution in [0.5, 0.6) is 0 Å². The molecule has 1 heterocycles. The highest BCUT2D eigenvalue weighted by atomic mass is 35.5. The van der Waals surface area contributed by atoms with Gasteiger partial charge in [0.2, 0.25) is 5.91 Å². The Morgan fingerprint density at radius 2 is 2.00 bits per heavy atom. The zero-order valence-electron chi connectivity index (χ0n) is 14.5. The number of hydrogen-bond acceptors (Lipinski definition) is 3. The summed E-state index contributed by atoms with van der Waals surface area (Å²) in [5.74, 6) is 1.33. The molecule has 0 radical (unpaired) electrons. The molecule has 1 N–H and O–H groups in total. The molecule has 3 aromatic rings. The van der Waals surface area contributed by atoms with Crippen LogP contribution in [-0.4, -0.2) is 33.6 Å². The molecule has 0 fully saturated rings. The molecular formula is C19H19Cl2N3OS. The van der Waals surface area contributed by atoms with Gasteiger partial charge in [-0.25, -0.2) is 4.98 Å². The van der Waals surface area contributed by atoms with Gasteiger partial charge in [0.1, 0.15) is 5.82 Å². The summed E-state index contributed by atoms with van der Waals surface area (Å²) in [5.41, 5.74) is 2.90. The molecule has 2 aromatic carbocycles. The third-order valence-electron chi connectivity index (χ3n) is 4.08. The van der Waals surface area contributed by atoms with Gasteiger partial charge in [-0.3, -0.25) is 4.79 Å². The maximum absolute atomic E-state index is 12.4. The number of rotatable bonds is 6. The van der Waals surface area contributed by atoms with Gasteiger partial charge in [0, 0.05) is 13.6 Å². The van der Waals surface area contributed by atoms with Crippen LogP contribution in [0.4, 0.5) is 0 Å². The second kappa shape index (κ2) is 8.33. The van der Waals surface area contributed by atoms with Crippen molar-refractivity contribution in [2.24, 2.45) is 0 Å². The molecule has 0 saturated carbocycles. The highest BCUT2D eigenvalue weighted by Crippen LogP contribution is 2.28. The SMILES string of the molecule is CC(SCC(=O)N(C)Cc1ccc(Cl)c(Cl)c1)c1nc2ccccc2[nH]1. The standard InChI is InChI=1S/C19H19Cl2N3OS/c1-12(19-22-16-5-3-4-6-17(16)23-19)26-11-18(25)24(2)10-13-7-8-14(20)15(21)9-13/h3-9,12H,10-11H2,1-2H3,(H,22,23). The van der Waals surface area contributed by atoms with Crippen molar-refractivity contribution in [3.63, 3.8) is 0 Å². The Morgan fingerprint density at radius 3 is 2.73 bits per heavy atom. The van der Waals surface area contributed by atoms with Crippen molar-refractivity contribution in [1.29, 1.82) is 0 Å².